The van der Waals surface area contributed by atoms with E-state index in [-0.39, 0.29) is 17.4 Å². The number of fused-ring (bicyclic) bond motifs is 1. The summed E-state index contributed by atoms with van der Waals surface area (Å²) in [4.78, 5) is 26.5. The second kappa shape index (κ2) is 4.06. The molecule has 0 fully saturated rings. The van der Waals surface area contributed by atoms with E-state index in [0.717, 1.165) is 10.1 Å². The first-order valence-electron chi connectivity index (χ1n) is 4.74. The third kappa shape index (κ3) is 1.61. The Morgan fingerprint density at radius 1 is 1.50 bits per heavy atom. The largest absolute Gasteiger partial charge is 0.301 e. The summed E-state index contributed by atoms with van der Waals surface area (Å²) in [5.74, 6) is 0. The average molecular weight is 237 g/mol. The van der Waals surface area contributed by atoms with Crippen molar-refractivity contribution in [3.63, 3.8) is 0 Å². The van der Waals surface area contributed by atoms with Gasteiger partial charge in [-0.1, -0.05) is 12.1 Å². The molecule has 0 spiro atoms. The fourth-order valence-electron chi connectivity index (χ4n) is 1.59. The van der Waals surface area contributed by atoms with Gasteiger partial charge >= 0.3 is 0 Å². The Morgan fingerprint density at radius 3 is 2.94 bits per heavy atom. The predicted molar refractivity (Wildman–Crippen MR) is 61.8 cm³/mol. The Kier molecular flexibility index (Phi) is 2.75. The fourth-order valence-corrected chi connectivity index (χ4v) is 1.82. The van der Waals surface area contributed by atoms with Crippen LogP contribution in [0, 0.1) is 6.92 Å². The van der Waals surface area contributed by atoms with Crippen LogP contribution in [0.4, 0.5) is 0 Å². The third-order valence-corrected chi connectivity index (χ3v) is 2.69. The van der Waals surface area contributed by atoms with Crippen LogP contribution in [0.5, 0.6) is 0 Å². The summed E-state index contributed by atoms with van der Waals surface area (Å²) in [6.45, 7) is 1.78. The first kappa shape index (κ1) is 10.8. The highest BCUT2D eigenvalue weighted by molar-refractivity contribution is 6.28. The minimum Gasteiger partial charge on any atom is -0.301 e. The maximum atomic E-state index is 12.0. The molecule has 1 aromatic carbocycles. The minimum atomic E-state index is -0.286. The zero-order chi connectivity index (χ0) is 11.7. The van der Waals surface area contributed by atoms with Crippen molar-refractivity contribution in [1.82, 2.24) is 9.55 Å². The van der Waals surface area contributed by atoms with Gasteiger partial charge < -0.3 is 4.79 Å². The first-order chi connectivity index (χ1) is 7.65. The van der Waals surface area contributed by atoms with E-state index in [2.05, 4.69) is 4.98 Å². The Morgan fingerprint density at radius 2 is 2.25 bits per heavy atom. The molecule has 2 aromatic rings. The molecular weight excluding hydrogens is 228 g/mol. The predicted octanol–water partition coefficient (Wildman–Crippen LogP) is 1.56. The molecule has 0 amide bonds. The van der Waals surface area contributed by atoms with Gasteiger partial charge in [-0.25, -0.2) is 4.98 Å². The van der Waals surface area contributed by atoms with Gasteiger partial charge in [0.05, 0.1) is 17.4 Å². The zero-order valence-corrected chi connectivity index (χ0v) is 9.36. The van der Waals surface area contributed by atoms with Crippen molar-refractivity contribution in [1.29, 1.82) is 0 Å². The summed E-state index contributed by atoms with van der Waals surface area (Å²) in [6, 6.07) is 5.31. The van der Waals surface area contributed by atoms with Crippen LogP contribution in [0.15, 0.2) is 23.0 Å². The lowest BCUT2D eigenvalue weighted by atomic mass is 10.1. The number of rotatable bonds is 2. The quantitative estimate of drug-likeness (QED) is 0.587. The standard InChI is InChI=1S/C11H9ClN2O2/c1-7-3-2-4-8-9(7)13-11(12)14(5-6-15)10(8)16/h2-4,6H,5H2,1H3. The van der Waals surface area contributed by atoms with E-state index in [9.17, 15) is 9.59 Å². The zero-order valence-electron chi connectivity index (χ0n) is 8.61. The number of para-hydroxylation sites is 1. The molecule has 0 aliphatic carbocycles. The van der Waals surface area contributed by atoms with Gasteiger partial charge in [0.2, 0.25) is 5.28 Å². The lowest BCUT2D eigenvalue weighted by Gasteiger charge is -2.06. The molecule has 0 radical (unpaired) electrons. The minimum absolute atomic E-state index is 0.0406. The Balaban J connectivity index is 2.89. The number of aryl methyl sites for hydroxylation is 1. The lowest BCUT2D eigenvalue weighted by Crippen LogP contribution is -2.23. The summed E-state index contributed by atoms with van der Waals surface area (Å²) in [6.07, 6.45) is 0.622. The molecule has 5 heteroatoms. The van der Waals surface area contributed by atoms with E-state index >= 15 is 0 Å². The van der Waals surface area contributed by atoms with Crippen LogP contribution >= 0.6 is 11.6 Å². The van der Waals surface area contributed by atoms with Crippen LogP contribution in [0.3, 0.4) is 0 Å². The molecule has 0 saturated carbocycles. The molecule has 2 rings (SSSR count). The Bertz CT molecular complexity index is 619. The van der Waals surface area contributed by atoms with Crippen molar-refractivity contribution in [2.75, 3.05) is 0 Å². The molecule has 0 aliphatic rings. The van der Waals surface area contributed by atoms with Gasteiger partial charge in [-0.2, -0.15) is 0 Å². The van der Waals surface area contributed by atoms with Crippen LogP contribution in [-0.4, -0.2) is 15.8 Å². The van der Waals surface area contributed by atoms with E-state index in [1.807, 2.05) is 13.0 Å². The summed E-state index contributed by atoms with van der Waals surface area (Å²) in [7, 11) is 0. The number of hydrogen-bond acceptors (Lipinski definition) is 3. The Hall–Kier alpha value is -1.68. The molecule has 0 aliphatic heterocycles. The monoisotopic (exact) mass is 236 g/mol. The molecule has 82 valence electrons. The number of benzene rings is 1. The number of aromatic nitrogens is 2. The van der Waals surface area contributed by atoms with E-state index in [1.165, 1.54) is 0 Å². The maximum Gasteiger partial charge on any atom is 0.262 e. The van der Waals surface area contributed by atoms with Gasteiger partial charge in [0.15, 0.2) is 0 Å². The second-order valence-corrected chi connectivity index (χ2v) is 3.77. The average Bonchev–Trinajstić information content (AvgIpc) is 2.26. The molecule has 1 heterocycles. The summed E-state index contributed by atoms with van der Waals surface area (Å²) >= 11 is 5.85. The van der Waals surface area contributed by atoms with Gasteiger partial charge in [-0.15, -0.1) is 0 Å². The van der Waals surface area contributed by atoms with Crippen LogP contribution < -0.4 is 5.56 Å². The van der Waals surface area contributed by atoms with Crippen molar-refractivity contribution >= 4 is 28.8 Å². The van der Waals surface area contributed by atoms with E-state index in [1.54, 1.807) is 12.1 Å². The van der Waals surface area contributed by atoms with Crippen molar-refractivity contribution < 1.29 is 4.79 Å². The Labute approximate surface area is 96.5 Å². The maximum absolute atomic E-state index is 12.0. The van der Waals surface area contributed by atoms with Crippen LogP contribution in [0.2, 0.25) is 5.28 Å². The number of aldehydes is 1. The number of nitrogens with zero attached hydrogens (tertiary/aromatic N) is 2. The van der Waals surface area contributed by atoms with Gasteiger partial charge in [0.25, 0.3) is 5.56 Å². The highest BCUT2D eigenvalue weighted by atomic mass is 35.5. The number of halogens is 1. The number of carbonyl (C=O) groups excluding carboxylic acids is 1. The van der Waals surface area contributed by atoms with Crippen LogP contribution in [-0.2, 0) is 11.3 Å². The lowest BCUT2D eigenvalue weighted by molar-refractivity contribution is -0.108. The van der Waals surface area contributed by atoms with E-state index < -0.39 is 0 Å². The van der Waals surface area contributed by atoms with E-state index in [0.29, 0.717) is 17.2 Å². The highest BCUT2D eigenvalue weighted by Crippen LogP contribution is 2.15. The number of hydrogen-bond donors (Lipinski definition) is 0. The van der Waals surface area contributed by atoms with Gasteiger partial charge in [-0.05, 0) is 30.2 Å². The third-order valence-electron chi connectivity index (χ3n) is 2.40. The fraction of sp³-hybridized carbons (Fsp3) is 0.182. The highest BCUT2D eigenvalue weighted by Gasteiger charge is 2.09. The smallest absolute Gasteiger partial charge is 0.262 e. The molecule has 1 aromatic heterocycles. The summed E-state index contributed by atoms with van der Waals surface area (Å²) in [5, 5.41) is 0.519. The molecule has 4 nitrogen and oxygen atoms in total. The molecule has 0 atom stereocenters. The van der Waals surface area contributed by atoms with Crippen molar-refractivity contribution in [2.24, 2.45) is 0 Å². The normalized spacial score (nSPS) is 10.6. The topological polar surface area (TPSA) is 52.0 Å². The molecule has 0 unspecified atom stereocenters. The SMILES string of the molecule is Cc1cccc2c(=O)n(CC=O)c(Cl)nc12. The van der Waals surface area contributed by atoms with Crippen LogP contribution in [0.1, 0.15) is 5.56 Å². The molecule has 0 N–H and O–H groups in total. The van der Waals surface area contributed by atoms with E-state index in [4.69, 9.17) is 11.6 Å². The van der Waals surface area contributed by atoms with Crippen molar-refractivity contribution in [3.8, 4) is 0 Å². The molecule has 16 heavy (non-hydrogen) atoms. The van der Waals surface area contributed by atoms with Gasteiger partial charge in [-0.3, -0.25) is 9.36 Å². The van der Waals surface area contributed by atoms with Crippen LogP contribution in [0.25, 0.3) is 10.9 Å². The summed E-state index contributed by atoms with van der Waals surface area (Å²) in [5.41, 5.74) is 1.18. The first-order valence-corrected chi connectivity index (χ1v) is 5.12. The summed E-state index contributed by atoms with van der Waals surface area (Å²) < 4.78 is 1.15. The van der Waals surface area contributed by atoms with Crippen molar-refractivity contribution in [3.05, 3.63) is 39.4 Å². The molecule has 0 bridgehead atoms. The van der Waals surface area contributed by atoms with Gasteiger partial charge in [0.1, 0.15) is 6.29 Å². The molecule has 0 saturated heterocycles. The second-order valence-electron chi connectivity index (χ2n) is 3.43. The van der Waals surface area contributed by atoms with Gasteiger partial charge in [0, 0.05) is 0 Å². The molecular formula is C11H9ClN2O2. The number of carbonyl (C=O) groups is 1. The van der Waals surface area contributed by atoms with Crippen molar-refractivity contribution in [2.45, 2.75) is 13.5 Å².